The van der Waals surface area contributed by atoms with Crippen molar-refractivity contribution in [1.82, 2.24) is 0 Å². The Balaban J connectivity index is 3.12. The van der Waals surface area contributed by atoms with Crippen molar-refractivity contribution in [1.29, 1.82) is 0 Å². The Morgan fingerprint density at radius 1 is 0.575 bits per heavy atom. The zero-order valence-corrected chi connectivity index (χ0v) is 26.5. The van der Waals surface area contributed by atoms with Gasteiger partial charge in [-0.15, -0.1) is 0 Å². The first-order valence-corrected chi connectivity index (χ1v) is 18.3. The topological polar surface area (TPSA) is 101 Å². The van der Waals surface area contributed by atoms with Gasteiger partial charge in [-0.25, -0.2) is 14.4 Å². The maximum Gasteiger partial charge on any atom is 0.380 e. The lowest BCUT2D eigenvalue weighted by molar-refractivity contribution is 0.0650. The Kier molecular flexibility index (Phi) is 19.6. The number of carboxylic acid groups (broad SMARTS) is 2. The molecule has 0 spiro atoms. The summed E-state index contributed by atoms with van der Waals surface area (Å²) in [5, 5.41) is 18.9. The van der Waals surface area contributed by atoms with E-state index >= 15 is 0 Å². The molecule has 7 heteroatoms. The fourth-order valence-corrected chi connectivity index (χ4v) is 9.08. The SMILES string of the molecule is CCCCCCCC[P+](CCCCCCCC)(CCCCCCCC)OC(=O)c1ccc(C(=O)O)c(C(=O)O)c1. The lowest BCUT2D eigenvalue weighted by Crippen LogP contribution is -2.18. The maximum atomic E-state index is 13.5. The van der Waals surface area contributed by atoms with E-state index in [4.69, 9.17) is 4.52 Å². The van der Waals surface area contributed by atoms with Crippen molar-refractivity contribution in [2.75, 3.05) is 18.5 Å². The van der Waals surface area contributed by atoms with Gasteiger partial charge in [0.15, 0.2) is 7.49 Å². The van der Waals surface area contributed by atoms with E-state index in [0.717, 1.165) is 57.0 Å². The van der Waals surface area contributed by atoms with Gasteiger partial charge >= 0.3 is 17.9 Å². The number of carboxylic acids is 2. The molecule has 1 rings (SSSR count). The van der Waals surface area contributed by atoms with Crippen LogP contribution in [-0.4, -0.2) is 46.6 Å². The summed E-state index contributed by atoms with van der Waals surface area (Å²) >= 11 is 0. The van der Waals surface area contributed by atoms with E-state index in [1.807, 2.05) is 0 Å². The summed E-state index contributed by atoms with van der Waals surface area (Å²) in [6.45, 7) is 6.65. The standard InChI is InChI=1S/C33H55O6P/c1-4-7-10-13-16-19-24-40(25-20-17-14-11-8-5-2,26-21-18-15-12-9-6-3)39-33(38)28-22-23-29(31(34)35)30(27-28)32(36)37/h22-23,27H,4-21,24-26H2,1-3H3,(H-,34,35,36,37)/p+1. The van der Waals surface area contributed by atoms with Gasteiger partial charge in [-0.3, -0.25) is 0 Å². The van der Waals surface area contributed by atoms with Crippen LogP contribution in [0.25, 0.3) is 0 Å². The molecule has 0 heterocycles. The third kappa shape index (κ3) is 14.6. The van der Waals surface area contributed by atoms with Crippen LogP contribution in [-0.2, 0) is 4.52 Å². The first-order chi connectivity index (χ1) is 19.3. The highest BCUT2D eigenvalue weighted by Crippen LogP contribution is 2.62. The molecule has 0 aliphatic heterocycles. The Bertz CT molecular complexity index is 828. The van der Waals surface area contributed by atoms with E-state index in [1.54, 1.807) is 0 Å². The van der Waals surface area contributed by atoms with Crippen molar-refractivity contribution in [3.05, 3.63) is 34.9 Å². The number of carbonyl (C=O) groups is 3. The minimum atomic E-state index is -2.07. The molecule has 228 valence electrons. The second-order valence-electron chi connectivity index (χ2n) is 11.3. The predicted molar refractivity (Wildman–Crippen MR) is 167 cm³/mol. The van der Waals surface area contributed by atoms with Gasteiger partial charge in [0.1, 0.15) is 0 Å². The molecule has 1 aromatic rings. The van der Waals surface area contributed by atoms with Gasteiger partial charge in [-0.2, -0.15) is 0 Å². The van der Waals surface area contributed by atoms with Crippen LogP contribution in [0.3, 0.4) is 0 Å². The van der Waals surface area contributed by atoms with E-state index < -0.39 is 25.4 Å². The Morgan fingerprint density at radius 2 is 0.950 bits per heavy atom. The summed E-state index contributed by atoms with van der Waals surface area (Å²) in [4.78, 5) is 36.7. The molecule has 1 aromatic carbocycles. The largest absolute Gasteiger partial charge is 0.478 e. The lowest BCUT2D eigenvalue weighted by Gasteiger charge is -2.26. The van der Waals surface area contributed by atoms with Crippen LogP contribution in [0.1, 0.15) is 167 Å². The highest BCUT2D eigenvalue weighted by atomic mass is 31.2. The zero-order valence-electron chi connectivity index (χ0n) is 25.6. The van der Waals surface area contributed by atoms with Crippen LogP contribution < -0.4 is 0 Å². The molecule has 0 atom stereocenters. The molecule has 40 heavy (non-hydrogen) atoms. The van der Waals surface area contributed by atoms with Gasteiger partial charge in [0, 0.05) is 0 Å². The Hall–Kier alpha value is -1.94. The van der Waals surface area contributed by atoms with Crippen molar-refractivity contribution < 1.29 is 29.1 Å². The van der Waals surface area contributed by atoms with Crippen molar-refractivity contribution in [3.63, 3.8) is 0 Å². The molecule has 0 amide bonds. The molecule has 0 bridgehead atoms. The quantitative estimate of drug-likeness (QED) is 0.0883. The van der Waals surface area contributed by atoms with Gasteiger partial charge in [0.2, 0.25) is 0 Å². The van der Waals surface area contributed by atoms with Crippen LogP contribution in [0.2, 0.25) is 0 Å². The number of hydrogen-bond donors (Lipinski definition) is 2. The number of unbranched alkanes of at least 4 members (excludes halogenated alkanes) is 15. The molecule has 0 fully saturated rings. The minimum Gasteiger partial charge on any atom is -0.478 e. The minimum absolute atomic E-state index is 0.126. The van der Waals surface area contributed by atoms with Gasteiger partial charge < -0.3 is 14.7 Å². The first kappa shape index (κ1) is 36.1. The molecule has 2 N–H and O–H groups in total. The summed E-state index contributed by atoms with van der Waals surface area (Å²) in [5.41, 5.74) is -0.578. The molecular weight excluding hydrogens is 523 g/mol. The molecular formula is C33H56O6P+. The summed E-state index contributed by atoms with van der Waals surface area (Å²) < 4.78 is 6.47. The monoisotopic (exact) mass is 579 g/mol. The number of hydrogen-bond acceptors (Lipinski definition) is 4. The lowest BCUT2D eigenvalue weighted by atomic mass is 10.0. The molecule has 0 saturated heterocycles. The second-order valence-corrected chi connectivity index (χ2v) is 14.9. The number of aromatic carboxylic acids is 2. The van der Waals surface area contributed by atoms with E-state index in [2.05, 4.69) is 20.8 Å². The van der Waals surface area contributed by atoms with Crippen molar-refractivity contribution in [3.8, 4) is 0 Å². The smallest absolute Gasteiger partial charge is 0.380 e. The van der Waals surface area contributed by atoms with E-state index in [1.165, 1.54) is 95.2 Å². The van der Waals surface area contributed by atoms with E-state index in [9.17, 15) is 24.6 Å². The van der Waals surface area contributed by atoms with E-state index in [-0.39, 0.29) is 16.7 Å². The molecule has 0 saturated carbocycles. The average Bonchev–Trinajstić information content (AvgIpc) is 2.94. The second kappa shape index (κ2) is 21.8. The molecule has 0 aliphatic rings. The van der Waals surface area contributed by atoms with Crippen LogP contribution in [0, 0.1) is 0 Å². The highest BCUT2D eigenvalue weighted by Gasteiger charge is 2.42. The Labute approximate surface area is 244 Å². The third-order valence-corrected chi connectivity index (χ3v) is 11.7. The van der Waals surface area contributed by atoms with Crippen molar-refractivity contribution >= 4 is 25.4 Å². The number of rotatable bonds is 25. The van der Waals surface area contributed by atoms with Gasteiger partial charge in [0.05, 0.1) is 35.2 Å². The molecule has 0 aliphatic carbocycles. The fourth-order valence-electron chi connectivity index (χ4n) is 5.28. The third-order valence-electron chi connectivity index (χ3n) is 7.75. The fraction of sp³-hybridized carbons (Fsp3) is 0.727. The first-order valence-electron chi connectivity index (χ1n) is 16.0. The molecule has 6 nitrogen and oxygen atoms in total. The average molecular weight is 580 g/mol. The van der Waals surface area contributed by atoms with Crippen molar-refractivity contribution in [2.24, 2.45) is 0 Å². The number of carbonyl (C=O) groups excluding carboxylic acids is 1. The molecule has 0 radical (unpaired) electrons. The summed E-state index contributed by atoms with van der Waals surface area (Å²) in [7, 11) is -2.07. The maximum absolute atomic E-state index is 13.5. The normalized spacial score (nSPS) is 11.5. The van der Waals surface area contributed by atoms with Crippen LogP contribution in [0.15, 0.2) is 18.2 Å². The van der Waals surface area contributed by atoms with Gasteiger partial charge in [0.25, 0.3) is 0 Å². The summed E-state index contributed by atoms with van der Waals surface area (Å²) in [5.74, 6) is -3.19. The summed E-state index contributed by atoms with van der Waals surface area (Å²) in [6.07, 6.45) is 24.1. The summed E-state index contributed by atoms with van der Waals surface area (Å²) in [6, 6.07) is 3.77. The van der Waals surface area contributed by atoms with Gasteiger partial charge in [-0.1, -0.05) is 97.8 Å². The van der Waals surface area contributed by atoms with Crippen LogP contribution >= 0.6 is 7.49 Å². The zero-order chi connectivity index (χ0) is 29.6. The number of benzene rings is 1. The predicted octanol–water partition coefficient (Wildman–Crippen LogP) is 10.3. The molecule has 0 aromatic heterocycles. The molecule has 0 unspecified atom stereocenters. The van der Waals surface area contributed by atoms with Gasteiger partial charge in [-0.05, 0) is 56.7 Å². The van der Waals surface area contributed by atoms with Crippen LogP contribution in [0.5, 0.6) is 0 Å². The van der Waals surface area contributed by atoms with E-state index in [0.29, 0.717) is 0 Å². The Morgan fingerprint density at radius 3 is 1.32 bits per heavy atom. The van der Waals surface area contributed by atoms with Crippen molar-refractivity contribution in [2.45, 2.75) is 136 Å². The van der Waals surface area contributed by atoms with Crippen LogP contribution in [0.4, 0.5) is 0 Å². The highest BCUT2D eigenvalue weighted by molar-refractivity contribution is 7.71.